The number of para-hydroxylation sites is 3. The first kappa shape index (κ1) is 14.9. The van der Waals surface area contributed by atoms with Crippen LogP contribution < -0.4 is 19.3 Å². The summed E-state index contributed by atoms with van der Waals surface area (Å²) >= 11 is 0. The van der Waals surface area contributed by atoms with Gasteiger partial charge in [0.1, 0.15) is 0 Å². The molecule has 2 aliphatic rings. The Morgan fingerprint density at radius 2 is 1.92 bits per heavy atom. The lowest BCUT2D eigenvalue weighted by atomic mass is 10.1. The van der Waals surface area contributed by atoms with Crippen LogP contribution in [0.25, 0.3) is 0 Å². The molecule has 24 heavy (non-hydrogen) atoms. The molecule has 2 aromatic rings. The third-order valence-corrected chi connectivity index (χ3v) is 4.59. The van der Waals surface area contributed by atoms with Crippen molar-refractivity contribution < 1.29 is 14.3 Å². The Bertz CT molecular complexity index is 790. The van der Waals surface area contributed by atoms with Crippen molar-refractivity contribution in [1.29, 1.82) is 0 Å². The summed E-state index contributed by atoms with van der Waals surface area (Å²) in [6.07, 6.45) is 0. The lowest BCUT2D eigenvalue weighted by Gasteiger charge is -2.42. The summed E-state index contributed by atoms with van der Waals surface area (Å²) in [7, 11) is 0. The predicted octanol–water partition coefficient (Wildman–Crippen LogP) is 3.18. The molecule has 5 heteroatoms. The molecule has 0 aliphatic carbocycles. The fourth-order valence-electron chi connectivity index (χ4n) is 3.62. The van der Waals surface area contributed by atoms with E-state index in [1.54, 1.807) is 6.92 Å². The molecule has 2 heterocycles. The minimum Gasteiger partial charge on any atom is -0.454 e. The van der Waals surface area contributed by atoms with Crippen molar-refractivity contribution in [3.05, 3.63) is 48.0 Å². The maximum atomic E-state index is 12.1. The van der Waals surface area contributed by atoms with Crippen LogP contribution in [0.1, 0.15) is 19.4 Å². The van der Waals surface area contributed by atoms with Gasteiger partial charge in [0.05, 0.1) is 17.4 Å². The quantitative estimate of drug-likeness (QED) is 0.851. The second-order valence-corrected chi connectivity index (χ2v) is 6.26. The topological polar surface area (TPSA) is 42.0 Å². The highest BCUT2D eigenvalue weighted by molar-refractivity contribution is 5.97. The van der Waals surface area contributed by atoms with Crippen LogP contribution in [0.3, 0.4) is 0 Å². The van der Waals surface area contributed by atoms with E-state index in [0.29, 0.717) is 0 Å². The molecule has 0 aromatic heterocycles. The van der Waals surface area contributed by atoms with Crippen LogP contribution in [0, 0.1) is 0 Å². The molecular formula is C19H20N2O3. The number of nitrogens with zero attached hydrogens (tertiary/aromatic N) is 2. The van der Waals surface area contributed by atoms with Gasteiger partial charge in [-0.3, -0.25) is 4.79 Å². The molecule has 0 radical (unpaired) electrons. The molecule has 0 bridgehead atoms. The van der Waals surface area contributed by atoms with E-state index >= 15 is 0 Å². The molecule has 0 spiro atoms. The molecule has 1 unspecified atom stereocenters. The van der Waals surface area contributed by atoms with Gasteiger partial charge in [0.15, 0.2) is 11.5 Å². The van der Waals surface area contributed by atoms with Gasteiger partial charge >= 0.3 is 0 Å². The Balaban J connectivity index is 1.71. The second kappa shape index (κ2) is 5.74. The fourth-order valence-corrected chi connectivity index (χ4v) is 3.62. The number of benzene rings is 2. The number of fused-ring (bicyclic) bond motifs is 2. The van der Waals surface area contributed by atoms with Gasteiger partial charge in [-0.15, -0.1) is 0 Å². The van der Waals surface area contributed by atoms with E-state index in [4.69, 9.17) is 9.47 Å². The summed E-state index contributed by atoms with van der Waals surface area (Å²) in [5, 5.41) is 0. The van der Waals surface area contributed by atoms with Crippen LogP contribution in [0.2, 0.25) is 0 Å². The highest BCUT2D eigenvalue weighted by atomic mass is 16.7. The SMILES string of the molecule is CC(=O)N1c2ccccc2N(Cc2cccc3c2OCO3)CC1C. The lowest BCUT2D eigenvalue weighted by molar-refractivity contribution is -0.117. The molecule has 0 saturated carbocycles. The summed E-state index contributed by atoms with van der Waals surface area (Å²) in [5.41, 5.74) is 3.14. The smallest absolute Gasteiger partial charge is 0.231 e. The number of amides is 1. The van der Waals surface area contributed by atoms with E-state index in [1.807, 2.05) is 35.2 Å². The number of hydrogen-bond donors (Lipinski definition) is 0. The zero-order valence-corrected chi connectivity index (χ0v) is 13.9. The average molecular weight is 324 g/mol. The minimum atomic E-state index is 0.0759. The monoisotopic (exact) mass is 324 g/mol. The molecule has 124 valence electrons. The fraction of sp³-hybridized carbons (Fsp3) is 0.316. The van der Waals surface area contributed by atoms with Crippen molar-refractivity contribution in [2.45, 2.75) is 26.4 Å². The first-order chi connectivity index (χ1) is 11.6. The number of rotatable bonds is 2. The molecule has 0 N–H and O–H groups in total. The molecule has 0 fully saturated rings. The highest BCUT2D eigenvalue weighted by Gasteiger charge is 2.31. The van der Waals surface area contributed by atoms with Crippen LogP contribution in [0.5, 0.6) is 11.5 Å². The van der Waals surface area contributed by atoms with Crippen molar-refractivity contribution in [2.75, 3.05) is 23.1 Å². The third-order valence-electron chi connectivity index (χ3n) is 4.59. The molecule has 0 saturated heterocycles. The predicted molar refractivity (Wildman–Crippen MR) is 92.7 cm³/mol. The van der Waals surface area contributed by atoms with Gasteiger partial charge in [-0.1, -0.05) is 24.3 Å². The minimum absolute atomic E-state index is 0.0759. The maximum Gasteiger partial charge on any atom is 0.231 e. The Hall–Kier alpha value is -2.69. The zero-order valence-electron chi connectivity index (χ0n) is 13.9. The van der Waals surface area contributed by atoms with Crippen LogP contribution in [-0.4, -0.2) is 25.3 Å². The number of hydrogen-bond acceptors (Lipinski definition) is 4. The first-order valence-electron chi connectivity index (χ1n) is 8.16. The van der Waals surface area contributed by atoms with E-state index in [0.717, 1.165) is 41.5 Å². The van der Waals surface area contributed by atoms with Crippen LogP contribution in [-0.2, 0) is 11.3 Å². The van der Waals surface area contributed by atoms with Gasteiger partial charge in [-0.2, -0.15) is 0 Å². The van der Waals surface area contributed by atoms with Crippen molar-refractivity contribution in [3.8, 4) is 11.5 Å². The van der Waals surface area contributed by atoms with Crippen molar-refractivity contribution in [1.82, 2.24) is 0 Å². The number of carbonyl (C=O) groups excluding carboxylic acids is 1. The number of anilines is 2. The standard InChI is InChI=1S/C19H20N2O3/c1-13-10-20(11-15-6-5-9-18-19(15)24-12-23-18)16-7-3-4-8-17(16)21(13)14(2)22/h3-9,13H,10-12H2,1-2H3. The Labute approximate surface area is 141 Å². The number of ether oxygens (including phenoxy) is 2. The van der Waals surface area contributed by atoms with Gasteiger partial charge in [-0.25, -0.2) is 0 Å². The molecular weight excluding hydrogens is 304 g/mol. The van der Waals surface area contributed by atoms with Crippen LogP contribution in [0.15, 0.2) is 42.5 Å². The average Bonchev–Trinajstić information content (AvgIpc) is 3.04. The van der Waals surface area contributed by atoms with Gasteiger partial charge in [0, 0.05) is 25.6 Å². The molecule has 2 aliphatic heterocycles. The van der Waals surface area contributed by atoms with Crippen LogP contribution >= 0.6 is 0 Å². The lowest BCUT2D eigenvalue weighted by Crippen LogP contribution is -2.49. The van der Waals surface area contributed by atoms with E-state index < -0.39 is 0 Å². The van der Waals surface area contributed by atoms with Gasteiger partial charge in [0.2, 0.25) is 12.7 Å². The van der Waals surface area contributed by atoms with Gasteiger partial charge < -0.3 is 19.3 Å². The Kier molecular flexibility index (Phi) is 3.56. The van der Waals surface area contributed by atoms with E-state index in [-0.39, 0.29) is 18.7 Å². The number of carbonyl (C=O) groups is 1. The molecule has 2 aromatic carbocycles. The molecule has 1 amide bonds. The van der Waals surface area contributed by atoms with E-state index in [1.165, 1.54) is 0 Å². The molecule has 4 rings (SSSR count). The van der Waals surface area contributed by atoms with E-state index in [9.17, 15) is 4.79 Å². The third kappa shape index (κ3) is 2.37. The first-order valence-corrected chi connectivity index (χ1v) is 8.16. The van der Waals surface area contributed by atoms with Gasteiger partial charge in [-0.05, 0) is 25.1 Å². The van der Waals surface area contributed by atoms with Crippen LogP contribution in [0.4, 0.5) is 11.4 Å². The summed E-state index contributed by atoms with van der Waals surface area (Å²) in [5.74, 6) is 1.71. The Morgan fingerprint density at radius 1 is 1.12 bits per heavy atom. The summed E-state index contributed by atoms with van der Waals surface area (Å²) in [4.78, 5) is 16.2. The van der Waals surface area contributed by atoms with Gasteiger partial charge in [0.25, 0.3) is 0 Å². The van der Waals surface area contributed by atoms with Crippen molar-refractivity contribution in [2.24, 2.45) is 0 Å². The summed E-state index contributed by atoms with van der Waals surface area (Å²) in [6, 6.07) is 14.2. The zero-order chi connectivity index (χ0) is 16.7. The van der Waals surface area contributed by atoms with Crippen molar-refractivity contribution in [3.63, 3.8) is 0 Å². The maximum absolute atomic E-state index is 12.1. The molecule has 5 nitrogen and oxygen atoms in total. The molecule has 1 atom stereocenters. The largest absolute Gasteiger partial charge is 0.454 e. The Morgan fingerprint density at radius 3 is 2.71 bits per heavy atom. The highest BCUT2D eigenvalue weighted by Crippen LogP contribution is 2.40. The normalized spacial score (nSPS) is 18.5. The van der Waals surface area contributed by atoms with Crippen molar-refractivity contribution >= 4 is 17.3 Å². The summed E-state index contributed by atoms with van der Waals surface area (Å²) in [6.45, 7) is 5.48. The second-order valence-electron chi connectivity index (χ2n) is 6.26. The summed E-state index contributed by atoms with van der Waals surface area (Å²) < 4.78 is 11.1. The van der Waals surface area contributed by atoms with E-state index in [2.05, 4.69) is 24.0 Å².